The summed E-state index contributed by atoms with van der Waals surface area (Å²) in [6.45, 7) is 2.66. The Labute approximate surface area is 73.7 Å². The lowest BCUT2D eigenvalue weighted by Crippen LogP contribution is -2.28. The van der Waals surface area contributed by atoms with Crippen molar-refractivity contribution in [3.63, 3.8) is 0 Å². The standard InChI is InChI=1S/C10H15NO/c1-2-3-6-9-7-4-5-8-11-10(9)12/h9H,4-8H2,1H3,(H,11,12). The monoisotopic (exact) mass is 165 g/mol. The summed E-state index contributed by atoms with van der Waals surface area (Å²) in [5, 5.41) is 2.90. The highest BCUT2D eigenvalue weighted by molar-refractivity contribution is 5.79. The van der Waals surface area contributed by atoms with Gasteiger partial charge >= 0.3 is 0 Å². The summed E-state index contributed by atoms with van der Waals surface area (Å²) in [4.78, 5) is 11.3. The van der Waals surface area contributed by atoms with Gasteiger partial charge in [-0.15, -0.1) is 11.8 Å². The van der Waals surface area contributed by atoms with Gasteiger partial charge < -0.3 is 5.32 Å². The first kappa shape index (κ1) is 9.12. The van der Waals surface area contributed by atoms with Crippen LogP contribution < -0.4 is 5.32 Å². The van der Waals surface area contributed by atoms with Crippen LogP contribution in [0.1, 0.15) is 32.6 Å². The predicted molar refractivity (Wildman–Crippen MR) is 48.4 cm³/mol. The fourth-order valence-corrected chi connectivity index (χ4v) is 1.42. The molecule has 0 radical (unpaired) electrons. The van der Waals surface area contributed by atoms with Crippen molar-refractivity contribution in [2.45, 2.75) is 32.6 Å². The van der Waals surface area contributed by atoms with Gasteiger partial charge in [-0.2, -0.15) is 0 Å². The van der Waals surface area contributed by atoms with Crippen molar-refractivity contribution in [3.8, 4) is 11.8 Å². The van der Waals surface area contributed by atoms with E-state index in [-0.39, 0.29) is 11.8 Å². The quantitative estimate of drug-likeness (QED) is 0.583. The first-order chi connectivity index (χ1) is 5.84. The van der Waals surface area contributed by atoms with Gasteiger partial charge in [0.2, 0.25) is 5.91 Å². The SMILES string of the molecule is CC#CCC1CCCCNC1=O. The Kier molecular flexibility index (Phi) is 3.66. The molecule has 1 rings (SSSR count). The lowest BCUT2D eigenvalue weighted by molar-refractivity contribution is -0.124. The van der Waals surface area contributed by atoms with Crippen molar-refractivity contribution >= 4 is 5.91 Å². The highest BCUT2D eigenvalue weighted by Gasteiger charge is 2.18. The third kappa shape index (κ3) is 2.58. The van der Waals surface area contributed by atoms with E-state index in [9.17, 15) is 4.79 Å². The van der Waals surface area contributed by atoms with Gasteiger partial charge in [0.25, 0.3) is 0 Å². The molecule has 1 amide bonds. The van der Waals surface area contributed by atoms with Crippen LogP contribution in [0, 0.1) is 17.8 Å². The topological polar surface area (TPSA) is 29.1 Å². The van der Waals surface area contributed by atoms with Crippen molar-refractivity contribution in [1.82, 2.24) is 5.32 Å². The van der Waals surface area contributed by atoms with Crippen LogP contribution in [0.5, 0.6) is 0 Å². The molecule has 66 valence electrons. The molecule has 0 aromatic heterocycles. The molecule has 12 heavy (non-hydrogen) atoms. The van der Waals surface area contributed by atoms with E-state index in [2.05, 4.69) is 17.2 Å². The van der Waals surface area contributed by atoms with E-state index in [0.717, 1.165) is 32.2 Å². The lowest BCUT2D eigenvalue weighted by Gasteiger charge is -2.08. The third-order valence-electron chi connectivity index (χ3n) is 2.17. The minimum absolute atomic E-state index is 0.139. The third-order valence-corrected chi connectivity index (χ3v) is 2.17. The molecule has 1 heterocycles. The van der Waals surface area contributed by atoms with Crippen molar-refractivity contribution < 1.29 is 4.79 Å². The maximum absolute atomic E-state index is 11.3. The predicted octanol–water partition coefficient (Wildman–Crippen LogP) is 1.32. The van der Waals surface area contributed by atoms with E-state index in [1.165, 1.54) is 0 Å². The molecule has 1 atom stereocenters. The molecule has 1 aliphatic heterocycles. The Morgan fingerprint density at radius 2 is 2.42 bits per heavy atom. The first-order valence-corrected chi connectivity index (χ1v) is 4.52. The van der Waals surface area contributed by atoms with E-state index in [1.54, 1.807) is 0 Å². The van der Waals surface area contributed by atoms with Crippen LogP contribution in [0.3, 0.4) is 0 Å². The highest BCUT2D eigenvalue weighted by atomic mass is 16.1. The van der Waals surface area contributed by atoms with Crippen molar-refractivity contribution in [3.05, 3.63) is 0 Å². The van der Waals surface area contributed by atoms with Crippen molar-refractivity contribution in [2.75, 3.05) is 6.54 Å². The van der Waals surface area contributed by atoms with Gasteiger partial charge in [-0.1, -0.05) is 6.42 Å². The number of hydrogen-bond acceptors (Lipinski definition) is 1. The molecule has 0 saturated carbocycles. The van der Waals surface area contributed by atoms with Crippen LogP contribution in [0.15, 0.2) is 0 Å². The second kappa shape index (κ2) is 4.82. The molecule has 0 aliphatic carbocycles. The smallest absolute Gasteiger partial charge is 0.224 e. The Hall–Kier alpha value is -0.970. The zero-order valence-electron chi connectivity index (χ0n) is 7.52. The summed E-state index contributed by atoms with van der Waals surface area (Å²) in [6, 6.07) is 0. The Bertz CT molecular complexity index is 212. The molecule has 2 heteroatoms. The van der Waals surface area contributed by atoms with Crippen LogP contribution in [0.4, 0.5) is 0 Å². The summed E-state index contributed by atoms with van der Waals surface area (Å²) in [7, 11) is 0. The number of carbonyl (C=O) groups excluding carboxylic acids is 1. The number of rotatable bonds is 1. The summed E-state index contributed by atoms with van der Waals surface area (Å²) < 4.78 is 0. The molecule has 0 bridgehead atoms. The number of nitrogens with one attached hydrogen (secondary N) is 1. The Balaban J connectivity index is 2.45. The molecular formula is C10H15NO. The molecular weight excluding hydrogens is 150 g/mol. The largest absolute Gasteiger partial charge is 0.356 e. The van der Waals surface area contributed by atoms with E-state index >= 15 is 0 Å². The molecule has 0 aromatic carbocycles. The molecule has 1 unspecified atom stereocenters. The molecule has 2 nitrogen and oxygen atoms in total. The average Bonchev–Trinajstić information content (AvgIpc) is 2.27. The van der Waals surface area contributed by atoms with Crippen LogP contribution >= 0.6 is 0 Å². The normalized spacial score (nSPS) is 23.4. The maximum Gasteiger partial charge on any atom is 0.224 e. The molecule has 1 saturated heterocycles. The fraction of sp³-hybridized carbons (Fsp3) is 0.700. The van der Waals surface area contributed by atoms with Crippen molar-refractivity contribution in [2.24, 2.45) is 5.92 Å². The van der Waals surface area contributed by atoms with Gasteiger partial charge in [-0.3, -0.25) is 4.79 Å². The number of carbonyl (C=O) groups is 1. The number of amides is 1. The Morgan fingerprint density at radius 1 is 1.58 bits per heavy atom. The first-order valence-electron chi connectivity index (χ1n) is 4.52. The Morgan fingerprint density at radius 3 is 3.17 bits per heavy atom. The van der Waals surface area contributed by atoms with Gasteiger partial charge in [-0.25, -0.2) is 0 Å². The molecule has 1 fully saturated rings. The van der Waals surface area contributed by atoms with Crippen LogP contribution in [0.2, 0.25) is 0 Å². The summed E-state index contributed by atoms with van der Waals surface area (Å²) in [5.41, 5.74) is 0. The number of hydrogen-bond donors (Lipinski definition) is 1. The van der Waals surface area contributed by atoms with Crippen molar-refractivity contribution in [1.29, 1.82) is 0 Å². The second-order valence-electron chi connectivity index (χ2n) is 3.11. The van der Waals surface area contributed by atoms with Gasteiger partial charge in [0.15, 0.2) is 0 Å². The van der Waals surface area contributed by atoms with E-state index < -0.39 is 0 Å². The molecule has 0 aromatic rings. The molecule has 1 aliphatic rings. The summed E-state index contributed by atoms with van der Waals surface area (Å²) in [5.74, 6) is 6.12. The molecule has 0 spiro atoms. The minimum atomic E-state index is 0.139. The van der Waals surface area contributed by atoms with Gasteiger partial charge in [0.1, 0.15) is 0 Å². The average molecular weight is 165 g/mol. The summed E-state index contributed by atoms with van der Waals surface area (Å²) >= 11 is 0. The van der Waals surface area contributed by atoms with Gasteiger partial charge in [0.05, 0.1) is 0 Å². The van der Waals surface area contributed by atoms with E-state index in [4.69, 9.17) is 0 Å². The zero-order chi connectivity index (χ0) is 8.81. The van der Waals surface area contributed by atoms with E-state index in [1.807, 2.05) is 6.92 Å². The summed E-state index contributed by atoms with van der Waals surface area (Å²) in [6.07, 6.45) is 3.99. The van der Waals surface area contributed by atoms with Crippen LogP contribution in [-0.2, 0) is 4.79 Å². The van der Waals surface area contributed by atoms with Crippen LogP contribution in [0.25, 0.3) is 0 Å². The molecule has 1 N–H and O–H groups in total. The highest BCUT2D eigenvalue weighted by Crippen LogP contribution is 2.15. The minimum Gasteiger partial charge on any atom is -0.356 e. The second-order valence-corrected chi connectivity index (χ2v) is 3.11. The maximum atomic E-state index is 11.3. The fourth-order valence-electron chi connectivity index (χ4n) is 1.42. The zero-order valence-corrected chi connectivity index (χ0v) is 7.52. The van der Waals surface area contributed by atoms with Gasteiger partial charge in [0, 0.05) is 18.9 Å². The van der Waals surface area contributed by atoms with Gasteiger partial charge in [-0.05, 0) is 19.8 Å². The van der Waals surface area contributed by atoms with Crippen LogP contribution in [-0.4, -0.2) is 12.5 Å². The lowest BCUT2D eigenvalue weighted by atomic mass is 9.99. The van der Waals surface area contributed by atoms with E-state index in [0.29, 0.717) is 0 Å².